The number of rotatable bonds is 9. The molecule has 35 heavy (non-hydrogen) atoms. The Kier molecular flexibility index (Phi) is 8.89. The summed E-state index contributed by atoms with van der Waals surface area (Å²) < 4.78 is 29.1. The monoisotopic (exact) mass is 550 g/mol. The molecule has 9 heteroatoms. The number of carbonyl (C=O) groups is 1. The van der Waals surface area contributed by atoms with Crippen molar-refractivity contribution in [3.63, 3.8) is 0 Å². The molecule has 1 amide bonds. The van der Waals surface area contributed by atoms with E-state index in [1.54, 1.807) is 22.3 Å². The number of carbonyl (C=O) groups excluding carboxylic acids is 1. The van der Waals surface area contributed by atoms with Crippen LogP contribution in [0.1, 0.15) is 42.5 Å². The van der Waals surface area contributed by atoms with E-state index in [0.29, 0.717) is 25.9 Å². The second-order valence-corrected chi connectivity index (χ2v) is 12.5. The van der Waals surface area contributed by atoms with Gasteiger partial charge in [-0.1, -0.05) is 78.9 Å². The van der Waals surface area contributed by atoms with Crippen LogP contribution < -0.4 is 0 Å². The lowest BCUT2D eigenvalue weighted by Gasteiger charge is -2.34. The second-order valence-electron chi connectivity index (χ2n) is 8.73. The fourth-order valence-corrected chi connectivity index (χ4v) is 7.53. The van der Waals surface area contributed by atoms with Gasteiger partial charge < -0.3 is 4.90 Å². The van der Waals surface area contributed by atoms with Gasteiger partial charge in [-0.15, -0.1) is 11.3 Å². The number of benzene rings is 2. The molecule has 0 aliphatic heterocycles. The molecule has 0 N–H and O–H groups in total. The van der Waals surface area contributed by atoms with E-state index in [9.17, 15) is 13.2 Å². The highest BCUT2D eigenvalue weighted by atomic mass is 35.5. The SMILES string of the molecule is O=C(CN(C1CCCCC1)S(=O)(=O)c1cc(Cl)ccc1Cl)N(Cc1ccccc1)Cc1cccs1. The van der Waals surface area contributed by atoms with Gasteiger partial charge in [-0.25, -0.2) is 8.42 Å². The van der Waals surface area contributed by atoms with Crippen LogP contribution in [0.25, 0.3) is 0 Å². The molecule has 186 valence electrons. The molecule has 1 aliphatic rings. The Balaban J connectivity index is 1.65. The van der Waals surface area contributed by atoms with Crippen molar-refractivity contribution in [1.29, 1.82) is 0 Å². The summed E-state index contributed by atoms with van der Waals surface area (Å²) in [6.07, 6.45) is 4.35. The molecule has 0 atom stereocenters. The first kappa shape index (κ1) is 26.2. The Hall–Kier alpha value is -1.90. The van der Waals surface area contributed by atoms with Crippen molar-refractivity contribution in [2.45, 2.75) is 56.1 Å². The molecule has 4 rings (SSSR count). The number of amides is 1. The smallest absolute Gasteiger partial charge is 0.245 e. The lowest BCUT2D eigenvalue weighted by Crippen LogP contribution is -2.47. The third-order valence-corrected chi connectivity index (χ3v) is 9.72. The molecule has 0 bridgehead atoms. The molecular weight excluding hydrogens is 523 g/mol. The van der Waals surface area contributed by atoms with E-state index in [-0.39, 0.29) is 33.4 Å². The molecule has 0 spiro atoms. The average Bonchev–Trinajstić information content (AvgIpc) is 3.37. The number of thiophene rings is 1. The van der Waals surface area contributed by atoms with E-state index >= 15 is 0 Å². The van der Waals surface area contributed by atoms with Crippen molar-refractivity contribution in [3.05, 3.63) is 86.5 Å². The maximum absolute atomic E-state index is 13.9. The lowest BCUT2D eigenvalue weighted by molar-refractivity contribution is -0.133. The zero-order valence-corrected chi connectivity index (χ0v) is 22.4. The summed E-state index contributed by atoms with van der Waals surface area (Å²) in [5.41, 5.74) is 0.988. The Labute approximate surface area is 221 Å². The third-order valence-electron chi connectivity index (χ3n) is 6.25. The minimum Gasteiger partial charge on any atom is -0.332 e. The molecule has 5 nitrogen and oxygen atoms in total. The molecule has 0 radical (unpaired) electrons. The van der Waals surface area contributed by atoms with Crippen molar-refractivity contribution in [1.82, 2.24) is 9.21 Å². The normalized spacial score (nSPS) is 14.8. The van der Waals surface area contributed by atoms with Gasteiger partial charge in [0, 0.05) is 22.5 Å². The predicted molar refractivity (Wildman–Crippen MR) is 142 cm³/mol. The first-order valence-corrected chi connectivity index (χ1v) is 14.7. The Morgan fingerprint density at radius 1 is 0.943 bits per heavy atom. The molecule has 1 aliphatic carbocycles. The zero-order chi connectivity index (χ0) is 24.8. The highest BCUT2D eigenvalue weighted by Crippen LogP contribution is 2.32. The first-order valence-electron chi connectivity index (χ1n) is 11.7. The highest BCUT2D eigenvalue weighted by Gasteiger charge is 2.36. The van der Waals surface area contributed by atoms with Crippen LogP contribution >= 0.6 is 34.5 Å². The van der Waals surface area contributed by atoms with Gasteiger partial charge in [0.2, 0.25) is 15.9 Å². The molecule has 2 aromatic carbocycles. The Morgan fingerprint density at radius 2 is 1.69 bits per heavy atom. The van der Waals surface area contributed by atoms with Crippen LogP contribution in [0.5, 0.6) is 0 Å². The number of nitrogens with zero attached hydrogens (tertiary/aromatic N) is 2. The summed E-state index contributed by atoms with van der Waals surface area (Å²) in [6.45, 7) is 0.573. The van der Waals surface area contributed by atoms with Gasteiger partial charge in [0.25, 0.3) is 0 Å². The maximum atomic E-state index is 13.9. The van der Waals surface area contributed by atoms with Crippen LogP contribution in [0.4, 0.5) is 0 Å². The fraction of sp³-hybridized carbons (Fsp3) is 0.346. The third kappa shape index (κ3) is 6.66. The number of sulfonamides is 1. The summed E-state index contributed by atoms with van der Waals surface area (Å²) in [5, 5.41) is 2.36. The Morgan fingerprint density at radius 3 is 2.37 bits per heavy atom. The molecule has 1 fully saturated rings. The highest BCUT2D eigenvalue weighted by molar-refractivity contribution is 7.89. The van der Waals surface area contributed by atoms with E-state index in [4.69, 9.17) is 23.2 Å². The van der Waals surface area contributed by atoms with Gasteiger partial charge in [0.15, 0.2) is 0 Å². The van der Waals surface area contributed by atoms with Crippen molar-refractivity contribution >= 4 is 50.5 Å². The maximum Gasteiger partial charge on any atom is 0.245 e. The van der Waals surface area contributed by atoms with Crippen molar-refractivity contribution in [2.24, 2.45) is 0 Å². The minimum absolute atomic E-state index is 0.0575. The van der Waals surface area contributed by atoms with Crippen LogP contribution in [-0.4, -0.2) is 36.1 Å². The Bertz CT molecular complexity index is 1230. The summed E-state index contributed by atoms with van der Waals surface area (Å²) in [7, 11) is -4.05. The summed E-state index contributed by atoms with van der Waals surface area (Å²) >= 11 is 14.0. The molecule has 1 aromatic heterocycles. The fourth-order valence-electron chi connectivity index (χ4n) is 4.44. The first-order chi connectivity index (χ1) is 16.8. The average molecular weight is 552 g/mol. The van der Waals surface area contributed by atoms with Crippen molar-refractivity contribution in [2.75, 3.05) is 6.54 Å². The van der Waals surface area contributed by atoms with Crippen LogP contribution in [0.3, 0.4) is 0 Å². The summed E-state index contributed by atoms with van der Waals surface area (Å²) in [6, 6.07) is 17.8. The zero-order valence-electron chi connectivity index (χ0n) is 19.3. The van der Waals surface area contributed by atoms with Gasteiger partial charge in [0.1, 0.15) is 4.90 Å². The topological polar surface area (TPSA) is 57.7 Å². The molecule has 3 aromatic rings. The van der Waals surface area contributed by atoms with Crippen molar-refractivity contribution < 1.29 is 13.2 Å². The number of hydrogen-bond acceptors (Lipinski definition) is 4. The van der Waals surface area contributed by atoms with E-state index in [1.807, 2.05) is 47.8 Å². The second kappa shape index (κ2) is 11.9. The molecule has 1 saturated carbocycles. The van der Waals surface area contributed by atoms with Crippen LogP contribution in [0, 0.1) is 0 Å². The molecule has 0 saturated heterocycles. The molecule has 1 heterocycles. The van der Waals surface area contributed by atoms with E-state index in [2.05, 4.69) is 0 Å². The number of halogens is 2. The summed E-state index contributed by atoms with van der Waals surface area (Å²) in [5.74, 6) is -0.241. The van der Waals surface area contributed by atoms with Gasteiger partial charge in [-0.05, 0) is 48.1 Å². The minimum atomic E-state index is -4.05. The molecule has 0 unspecified atom stereocenters. The van der Waals surface area contributed by atoms with E-state index < -0.39 is 10.0 Å². The van der Waals surface area contributed by atoms with Gasteiger partial charge >= 0.3 is 0 Å². The van der Waals surface area contributed by atoms with E-state index in [1.165, 1.54) is 16.4 Å². The van der Waals surface area contributed by atoms with Crippen molar-refractivity contribution in [3.8, 4) is 0 Å². The lowest BCUT2D eigenvalue weighted by atomic mass is 9.95. The predicted octanol–water partition coefficient (Wildman–Crippen LogP) is 6.61. The standard InChI is InChI=1S/C26H28Cl2N2O3S2/c27-21-13-14-24(28)25(16-21)35(32,33)30(22-10-5-2-6-11-22)19-26(31)29(18-23-12-7-15-34-23)17-20-8-3-1-4-9-20/h1,3-4,7-9,12-16,22H,2,5-6,10-11,17-19H2. The van der Waals surface area contributed by atoms with Gasteiger partial charge in [0.05, 0.1) is 18.1 Å². The van der Waals surface area contributed by atoms with Crippen LogP contribution in [0.2, 0.25) is 10.0 Å². The van der Waals surface area contributed by atoms with Crippen LogP contribution in [-0.2, 0) is 27.9 Å². The van der Waals surface area contributed by atoms with Gasteiger partial charge in [-0.3, -0.25) is 4.79 Å². The van der Waals surface area contributed by atoms with Gasteiger partial charge in [-0.2, -0.15) is 4.31 Å². The largest absolute Gasteiger partial charge is 0.332 e. The molecular formula is C26H28Cl2N2O3S2. The van der Waals surface area contributed by atoms with E-state index in [0.717, 1.165) is 29.7 Å². The summed E-state index contributed by atoms with van der Waals surface area (Å²) in [4.78, 5) is 16.4. The number of hydrogen-bond donors (Lipinski definition) is 0. The quantitative estimate of drug-likeness (QED) is 0.301. The van der Waals surface area contributed by atoms with Crippen LogP contribution in [0.15, 0.2) is 70.9 Å².